The van der Waals surface area contributed by atoms with E-state index in [1.165, 1.54) is 0 Å². The number of aryl methyl sites for hydroxylation is 1. The van der Waals surface area contributed by atoms with Crippen LogP contribution in [0.5, 0.6) is 0 Å². The summed E-state index contributed by atoms with van der Waals surface area (Å²) >= 11 is 0. The highest BCUT2D eigenvalue weighted by molar-refractivity contribution is 5.80. The fraction of sp³-hybridized carbons (Fsp3) is 0.600. The van der Waals surface area contributed by atoms with Crippen molar-refractivity contribution in [1.82, 2.24) is 9.78 Å². The number of aromatic nitrogens is 2. The minimum absolute atomic E-state index is 0.765. The van der Waals surface area contributed by atoms with Crippen molar-refractivity contribution in [3.63, 3.8) is 0 Å². The van der Waals surface area contributed by atoms with Gasteiger partial charge in [-0.1, -0.05) is 0 Å². The predicted molar refractivity (Wildman–Crippen MR) is 53.3 cm³/mol. The Morgan fingerprint density at radius 3 is 2.57 bits per heavy atom. The third-order valence-electron chi connectivity index (χ3n) is 2.61. The fourth-order valence-corrected chi connectivity index (χ4v) is 1.49. The van der Waals surface area contributed by atoms with Gasteiger partial charge < -0.3 is 5.11 Å². The summed E-state index contributed by atoms with van der Waals surface area (Å²) in [7, 11) is 0. The lowest BCUT2D eigenvalue weighted by Crippen LogP contribution is -2.29. The van der Waals surface area contributed by atoms with Crippen LogP contribution in [0.15, 0.2) is 6.20 Å². The van der Waals surface area contributed by atoms with Crippen LogP contribution in [0.25, 0.3) is 0 Å². The Hall–Kier alpha value is -1.32. The van der Waals surface area contributed by atoms with Crippen LogP contribution in [0, 0.1) is 6.92 Å². The average Bonchev–Trinajstić information content (AvgIpc) is 2.46. The SMILES string of the molecule is CCn1ncc(C(C)(C)C(=O)O)c1C. The zero-order valence-electron chi connectivity index (χ0n) is 9.03. The number of hydrogen-bond acceptors (Lipinski definition) is 2. The van der Waals surface area contributed by atoms with Crippen LogP contribution in [-0.2, 0) is 16.8 Å². The predicted octanol–water partition coefficient (Wildman–Crippen LogP) is 1.57. The highest BCUT2D eigenvalue weighted by Crippen LogP contribution is 2.26. The van der Waals surface area contributed by atoms with Crippen molar-refractivity contribution >= 4 is 5.97 Å². The minimum Gasteiger partial charge on any atom is -0.481 e. The summed E-state index contributed by atoms with van der Waals surface area (Å²) < 4.78 is 1.81. The quantitative estimate of drug-likeness (QED) is 0.798. The topological polar surface area (TPSA) is 55.1 Å². The first-order valence-electron chi connectivity index (χ1n) is 4.67. The fourth-order valence-electron chi connectivity index (χ4n) is 1.49. The smallest absolute Gasteiger partial charge is 0.313 e. The van der Waals surface area contributed by atoms with Crippen LogP contribution in [0.1, 0.15) is 32.0 Å². The standard InChI is InChI=1S/C10H16N2O2/c1-5-12-7(2)8(6-11-12)10(3,4)9(13)14/h6H,5H2,1-4H3,(H,13,14). The second-order valence-electron chi connectivity index (χ2n) is 3.89. The number of carboxylic acids is 1. The van der Waals surface area contributed by atoms with Crippen molar-refractivity contribution in [2.45, 2.75) is 39.7 Å². The molecule has 1 heterocycles. The van der Waals surface area contributed by atoms with E-state index in [1.807, 2.05) is 13.8 Å². The van der Waals surface area contributed by atoms with E-state index in [1.54, 1.807) is 24.7 Å². The van der Waals surface area contributed by atoms with E-state index >= 15 is 0 Å². The van der Waals surface area contributed by atoms with E-state index in [2.05, 4.69) is 5.10 Å². The normalized spacial score (nSPS) is 11.7. The zero-order chi connectivity index (χ0) is 10.9. The molecule has 1 N–H and O–H groups in total. The van der Waals surface area contributed by atoms with E-state index in [-0.39, 0.29) is 0 Å². The van der Waals surface area contributed by atoms with E-state index in [9.17, 15) is 4.79 Å². The Kier molecular flexibility index (Phi) is 2.64. The molecule has 0 saturated carbocycles. The van der Waals surface area contributed by atoms with Gasteiger partial charge in [-0.05, 0) is 27.7 Å². The third-order valence-corrected chi connectivity index (χ3v) is 2.61. The van der Waals surface area contributed by atoms with Crippen molar-refractivity contribution in [3.05, 3.63) is 17.5 Å². The van der Waals surface area contributed by atoms with Gasteiger partial charge >= 0.3 is 5.97 Å². The van der Waals surface area contributed by atoms with Gasteiger partial charge in [0.2, 0.25) is 0 Å². The Morgan fingerprint density at radius 1 is 1.64 bits per heavy atom. The number of hydrogen-bond donors (Lipinski definition) is 1. The first-order chi connectivity index (χ1) is 6.41. The number of nitrogens with zero attached hydrogens (tertiary/aromatic N) is 2. The van der Waals surface area contributed by atoms with E-state index in [4.69, 9.17) is 5.11 Å². The molecule has 0 spiro atoms. The summed E-state index contributed by atoms with van der Waals surface area (Å²) in [4.78, 5) is 11.0. The summed E-state index contributed by atoms with van der Waals surface area (Å²) in [5.74, 6) is -0.823. The second-order valence-corrected chi connectivity index (χ2v) is 3.89. The van der Waals surface area contributed by atoms with Gasteiger partial charge in [0.15, 0.2) is 0 Å². The highest BCUT2D eigenvalue weighted by atomic mass is 16.4. The first kappa shape index (κ1) is 10.8. The van der Waals surface area contributed by atoms with Crippen LogP contribution >= 0.6 is 0 Å². The maximum Gasteiger partial charge on any atom is 0.313 e. The number of aliphatic carboxylic acids is 1. The average molecular weight is 196 g/mol. The van der Waals surface area contributed by atoms with Gasteiger partial charge in [0, 0.05) is 17.8 Å². The van der Waals surface area contributed by atoms with Gasteiger partial charge in [-0.3, -0.25) is 9.48 Å². The summed E-state index contributed by atoms with van der Waals surface area (Å²) in [5.41, 5.74) is 0.851. The lowest BCUT2D eigenvalue weighted by Gasteiger charge is -2.18. The Balaban J connectivity index is 3.20. The molecule has 1 aromatic heterocycles. The maximum absolute atomic E-state index is 11.0. The van der Waals surface area contributed by atoms with Crippen LogP contribution < -0.4 is 0 Å². The summed E-state index contributed by atoms with van der Waals surface area (Å²) in [6, 6.07) is 0. The zero-order valence-corrected chi connectivity index (χ0v) is 9.03. The monoisotopic (exact) mass is 196 g/mol. The lowest BCUT2D eigenvalue weighted by atomic mass is 9.85. The highest BCUT2D eigenvalue weighted by Gasteiger charge is 2.32. The molecule has 0 radical (unpaired) electrons. The molecule has 0 amide bonds. The number of carbonyl (C=O) groups is 1. The second kappa shape index (κ2) is 3.44. The number of rotatable bonds is 3. The molecule has 0 aromatic carbocycles. The molecule has 1 aromatic rings. The first-order valence-corrected chi connectivity index (χ1v) is 4.67. The molecular weight excluding hydrogens is 180 g/mol. The van der Waals surface area contributed by atoms with Gasteiger partial charge in [-0.15, -0.1) is 0 Å². The van der Waals surface area contributed by atoms with Crippen molar-refractivity contribution in [2.24, 2.45) is 0 Å². The number of carboxylic acid groups (broad SMARTS) is 1. The lowest BCUT2D eigenvalue weighted by molar-refractivity contribution is -0.142. The molecule has 0 unspecified atom stereocenters. The molecule has 0 saturated heterocycles. The van der Waals surface area contributed by atoms with Crippen molar-refractivity contribution in [2.75, 3.05) is 0 Å². The van der Waals surface area contributed by atoms with Crippen molar-refractivity contribution in [3.8, 4) is 0 Å². The summed E-state index contributed by atoms with van der Waals surface area (Å²) in [5, 5.41) is 13.2. The molecule has 0 aliphatic carbocycles. The molecule has 78 valence electrons. The van der Waals surface area contributed by atoms with Gasteiger partial charge in [0.05, 0.1) is 11.6 Å². The molecule has 0 fully saturated rings. The molecular formula is C10H16N2O2. The van der Waals surface area contributed by atoms with Crippen LogP contribution in [0.2, 0.25) is 0 Å². The molecule has 0 atom stereocenters. The summed E-state index contributed by atoms with van der Waals surface area (Å²) in [6.07, 6.45) is 1.65. The van der Waals surface area contributed by atoms with Crippen molar-refractivity contribution in [1.29, 1.82) is 0 Å². The van der Waals surface area contributed by atoms with Gasteiger partial charge in [-0.2, -0.15) is 5.10 Å². The van der Waals surface area contributed by atoms with Gasteiger partial charge in [0.1, 0.15) is 0 Å². The maximum atomic E-state index is 11.0. The Labute approximate surface area is 83.5 Å². The van der Waals surface area contributed by atoms with Gasteiger partial charge in [-0.25, -0.2) is 0 Å². The van der Waals surface area contributed by atoms with Crippen molar-refractivity contribution < 1.29 is 9.90 Å². The summed E-state index contributed by atoms with van der Waals surface area (Å²) in [6.45, 7) is 8.04. The molecule has 0 aliphatic rings. The molecule has 0 aliphatic heterocycles. The van der Waals surface area contributed by atoms with Crippen LogP contribution in [0.4, 0.5) is 0 Å². The molecule has 0 bridgehead atoms. The third kappa shape index (κ3) is 1.52. The van der Waals surface area contributed by atoms with E-state index in [0.29, 0.717) is 0 Å². The Morgan fingerprint density at radius 2 is 2.21 bits per heavy atom. The Bertz CT molecular complexity index is 353. The molecule has 4 nitrogen and oxygen atoms in total. The van der Waals surface area contributed by atoms with Gasteiger partial charge in [0.25, 0.3) is 0 Å². The molecule has 14 heavy (non-hydrogen) atoms. The minimum atomic E-state index is -0.864. The van der Waals surface area contributed by atoms with E-state index in [0.717, 1.165) is 17.8 Å². The largest absolute Gasteiger partial charge is 0.481 e. The van der Waals surface area contributed by atoms with E-state index < -0.39 is 11.4 Å². The molecule has 4 heteroatoms. The van der Waals surface area contributed by atoms with Crippen LogP contribution in [0.3, 0.4) is 0 Å². The van der Waals surface area contributed by atoms with Crippen LogP contribution in [-0.4, -0.2) is 20.9 Å². The molecule has 1 rings (SSSR count).